The smallest absolute Gasteiger partial charge is 0.277 e. The second kappa shape index (κ2) is 6.30. The van der Waals surface area contributed by atoms with Crippen LogP contribution in [0.5, 0.6) is 11.5 Å². The van der Waals surface area contributed by atoms with E-state index in [0.29, 0.717) is 17.1 Å². The minimum atomic E-state index is -2.79. The van der Waals surface area contributed by atoms with Gasteiger partial charge in [-0.3, -0.25) is 0 Å². The zero-order valence-corrected chi connectivity index (χ0v) is 12.5. The zero-order chi connectivity index (χ0) is 15.5. The molecule has 5 nitrogen and oxygen atoms in total. The van der Waals surface area contributed by atoms with E-state index in [4.69, 9.17) is 13.9 Å². The van der Waals surface area contributed by atoms with Crippen molar-refractivity contribution < 1.29 is 22.7 Å². The average molecular weight is 316 g/mol. The predicted octanol–water partition coefficient (Wildman–Crippen LogP) is 3.50. The van der Waals surface area contributed by atoms with E-state index >= 15 is 0 Å². The number of alkyl halides is 2. The number of halogens is 2. The Morgan fingerprint density at radius 2 is 1.76 bits per heavy atom. The van der Waals surface area contributed by atoms with Crippen LogP contribution in [0.15, 0.2) is 27.8 Å². The van der Waals surface area contributed by atoms with Gasteiger partial charge >= 0.3 is 0 Å². The lowest BCUT2D eigenvalue weighted by Crippen LogP contribution is -2.12. The van der Waals surface area contributed by atoms with Gasteiger partial charge in [-0.25, -0.2) is 8.78 Å². The molecule has 0 amide bonds. The van der Waals surface area contributed by atoms with Crippen LogP contribution in [0, 0.1) is 0 Å². The summed E-state index contributed by atoms with van der Waals surface area (Å²) in [5.74, 6) is -1.86. The topological polar surface area (TPSA) is 57.4 Å². The number of ether oxygens (including phenoxy) is 2. The Kier molecular flexibility index (Phi) is 4.66. The summed E-state index contributed by atoms with van der Waals surface area (Å²) in [5.41, 5.74) is 0.591. The molecule has 0 saturated carbocycles. The average Bonchev–Trinajstić information content (AvgIpc) is 2.92. The summed E-state index contributed by atoms with van der Waals surface area (Å²) in [6.45, 7) is 0.838. The van der Waals surface area contributed by atoms with Gasteiger partial charge in [0.15, 0.2) is 0 Å². The first-order valence-corrected chi connectivity index (χ1v) is 6.97. The summed E-state index contributed by atoms with van der Waals surface area (Å²) in [6.07, 6.45) is 0. The van der Waals surface area contributed by atoms with E-state index in [1.807, 2.05) is 0 Å². The van der Waals surface area contributed by atoms with Crippen LogP contribution in [0.1, 0.15) is 6.92 Å². The van der Waals surface area contributed by atoms with Crippen LogP contribution in [0.2, 0.25) is 0 Å². The lowest BCUT2D eigenvalue weighted by Gasteiger charge is -2.06. The Morgan fingerprint density at radius 1 is 1.14 bits per heavy atom. The van der Waals surface area contributed by atoms with Crippen LogP contribution in [-0.2, 0) is 0 Å². The molecule has 2 rings (SSSR count). The number of rotatable bonds is 6. The molecule has 1 heterocycles. The fourth-order valence-electron chi connectivity index (χ4n) is 1.50. The SMILES string of the molecule is COc1cc(OC)cc(-c2nnc(SCC(C)(F)F)o2)c1. The summed E-state index contributed by atoms with van der Waals surface area (Å²) >= 11 is 0.810. The summed E-state index contributed by atoms with van der Waals surface area (Å²) in [6, 6.07) is 5.09. The van der Waals surface area contributed by atoms with Gasteiger partial charge in [0.05, 0.1) is 20.0 Å². The van der Waals surface area contributed by atoms with Crippen molar-refractivity contribution >= 4 is 11.8 Å². The van der Waals surface area contributed by atoms with Crippen molar-refractivity contribution in [2.24, 2.45) is 0 Å². The van der Waals surface area contributed by atoms with Crippen molar-refractivity contribution in [1.82, 2.24) is 10.2 Å². The number of aromatic nitrogens is 2. The monoisotopic (exact) mass is 316 g/mol. The minimum absolute atomic E-state index is 0.0910. The summed E-state index contributed by atoms with van der Waals surface area (Å²) in [7, 11) is 3.05. The van der Waals surface area contributed by atoms with Gasteiger partial charge in [-0.05, 0) is 12.1 Å². The van der Waals surface area contributed by atoms with Crippen LogP contribution < -0.4 is 9.47 Å². The highest BCUT2D eigenvalue weighted by Gasteiger charge is 2.23. The van der Waals surface area contributed by atoms with E-state index < -0.39 is 11.7 Å². The molecule has 1 aromatic carbocycles. The van der Waals surface area contributed by atoms with Crippen LogP contribution in [0.25, 0.3) is 11.5 Å². The van der Waals surface area contributed by atoms with E-state index in [0.717, 1.165) is 18.7 Å². The van der Waals surface area contributed by atoms with Gasteiger partial charge in [-0.15, -0.1) is 10.2 Å². The highest BCUT2D eigenvalue weighted by molar-refractivity contribution is 7.99. The lowest BCUT2D eigenvalue weighted by atomic mass is 10.2. The zero-order valence-electron chi connectivity index (χ0n) is 11.7. The van der Waals surface area contributed by atoms with Crippen LogP contribution >= 0.6 is 11.8 Å². The Balaban J connectivity index is 2.21. The van der Waals surface area contributed by atoms with Gasteiger partial charge in [0.2, 0.25) is 5.89 Å². The maximum absolute atomic E-state index is 12.8. The minimum Gasteiger partial charge on any atom is -0.497 e. The van der Waals surface area contributed by atoms with Crippen LogP contribution in [-0.4, -0.2) is 36.1 Å². The maximum Gasteiger partial charge on any atom is 0.277 e. The van der Waals surface area contributed by atoms with Crippen molar-refractivity contribution in [3.8, 4) is 23.0 Å². The normalized spacial score (nSPS) is 11.5. The first-order valence-electron chi connectivity index (χ1n) is 5.99. The first-order chi connectivity index (χ1) is 9.91. The number of benzene rings is 1. The van der Waals surface area contributed by atoms with E-state index in [1.54, 1.807) is 18.2 Å². The molecule has 0 radical (unpaired) electrons. The second-order valence-corrected chi connectivity index (χ2v) is 5.26. The molecule has 0 spiro atoms. The third-order valence-electron chi connectivity index (χ3n) is 2.45. The molecule has 21 heavy (non-hydrogen) atoms. The van der Waals surface area contributed by atoms with Gasteiger partial charge in [-0.1, -0.05) is 11.8 Å². The number of hydrogen-bond acceptors (Lipinski definition) is 6. The van der Waals surface area contributed by atoms with Crippen molar-refractivity contribution in [3.05, 3.63) is 18.2 Å². The quantitative estimate of drug-likeness (QED) is 0.760. The lowest BCUT2D eigenvalue weighted by molar-refractivity contribution is 0.0490. The molecule has 0 saturated heterocycles. The Bertz CT molecular complexity index is 591. The molecule has 0 atom stereocenters. The Hall–Kier alpha value is -1.83. The molecule has 1 aromatic heterocycles. The molecular weight excluding hydrogens is 302 g/mol. The Morgan fingerprint density at radius 3 is 2.29 bits per heavy atom. The standard InChI is InChI=1S/C13H14F2N2O3S/c1-13(14,15)7-21-12-17-16-11(20-12)8-4-9(18-2)6-10(5-8)19-3/h4-6H,7H2,1-3H3. The molecule has 0 aliphatic heterocycles. The predicted molar refractivity (Wildman–Crippen MR) is 74.2 cm³/mol. The van der Waals surface area contributed by atoms with Crippen molar-refractivity contribution in [2.75, 3.05) is 20.0 Å². The Labute approximate surface area is 124 Å². The highest BCUT2D eigenvalue weighted by Crippen LogP contribution is 2.31. The van der Waals surface area contributed by atoms with E-state index in [-0.39, 0.29) is 11.1 Å². The second-order valence-electron chi connectivity index (χ2n) is 4.33. The molecule has 114 valence electrons. The first kappa shape index (κ1) is 15.6. The third kappa shape index (κ3) is 4.32. The van der Waals surface area contributed by atoms with Crippen LogP contribution in [0.4, 0.5) is 8.78 Å². The number of nitrogens with zero attached hydrogens (tertiary/aromatic N) is 2. The van der Waals surface area contributed by atoms with E-state index in [2.05, 4.69) is 10.2 Å². The number of methoxy groups -OCH3 is 2. The molecule has 8 heteroatoms. The van der Waals surface area contributed by atoms with Crippen molar-refractivity contribution in [3.63, 3.8) is 0 Å². The summed E-state index contributed by atoms with van der Waals surface area (Å²) < 4.78 is 41.2. The van der Waals surface area contributed by atoms with Gasteiger partial charge in [0.25, 0.3) is 11.1 Å². The molecule has 2 aromatic rings. The number of thioether (sulfide) groups is 1. The van der Waals surface area contributed by atoms with Crippen molar-refractivity contribution in [1.29, 1.82) is 0 Å². The molecular formula is C13H14F2N2O3S. The van der Waals surface area contributed by atoms with Gasteiger partial charge in [0.1, 0.15) is 11.5 Å². The van der Waals surface area contributed by atoms with Gasteiger partial charge < -0.3 is 13.9 Å². The largest absolute Gasteiger partial charge is 0.497 e. The van der Waals surface area contributed by atoms with Crippen molar-refractivity contribution in [2.45, 2.75) is 18.1 Å². The molecule has 0 aliphatic rings. The fraction of sp³-hybridized carbons (Fsp3) is 0.385. The third-order valence-corrected chi connectivity index (χ3v) is 3.52. The van der Waals surface area contributed by atoms with E-state index in [1.165, 1.54) is 14.2 Å². The molecule has 0 aliphatic carbocycles. The fourth-order valence-corrected chi connectivity index (χ4v) is 2.12. The van der Waals surface area contributed by atoms with Crippen LogP contribution in [0.3, 0.4) is 0 Å². The summed E-state index contributed by atoms with van der Waals surface area (Å²) in [5, 5.41) is 7.67. The maximum atomic E-state index is 12.8. The van der Waals surface area contributed by atoms with Gasteiger partial charge in [-0.2, -0.15) is 0 Å². The van der Waals surface area contributed by atoms with Gasteiger partial charge in [0, 0.05) is 18.6 Å². The molecule has 0 unspecified atom stereocenters. The molecule has 0 N–H and O–H groups in total. The number of hydrogen-bond donors (Lipinski definition) is 0. The highest BCUT2D eigenvalue weighted by atomic mass is 32.2. The molecule has 0 bridgehead atoms. The molecule has 0 fully saturated rings. The van der Waals surface area contributed by atoms with E-state index in [9.17, 15) is 8.78 Å². The summed E-state index contributed by atoms with van der Waals surface area (Å²) in [4.78, 5) is 0.